The van der Waals surface area contributed by atoms with Crippen LogP contribution in [0.4, 0.5) is 28.9 Å². The van der Waals surface area contributed by atoms with Gasteiger partial charge in [0.2, 0.25) is 11.8 Å². The van der Waals surface area contributed by atoms with E-state index in [1.165, 1.54) is 21.9 Å². The van der Waals surface area contributed by atoms with Crippen LogP contribution in [0.5, 0.6) is 0 Å². The maximum absolute atomic E-state index is 14.1. The monoisotopic (exact) mass is 878 g/mol. The van der Waals surface area contributed by atoms with Gasteiger partial charge < -0.3 is 9.80 Å². The van der Waals surface area contributed by atoms with Crippen molar-refractivity contribution in [1.29, 1.82) is 0 Å². The first-order valence-corrected chi connectivity index (χ1v) is 20.0. The summed E-state index contributed by atoms with van der Waals surface area (Å²) in [7, 11) is 0. The van der Waals surface area contributed by atoms with Crippen LogP contribution >= 0.6 is 23.2 Å². The SMILES string of the molecule is CCCCCCN(C(=O)c1ccccc1Cl)c1ccc(F)[c-]c1F.CCCCCCN(C(=O)c1ccccc1Cl)c1ccc(F)[c-]c1F.[Ti+4].c1cc[cH-]c1.c1cc[cH-]c1. The fourth-order valence-electron chi connectivity index (χ4n) is 5.55. The van der Waals surface area contributed by atoms with Crippen molar-refractivity contribution in [1.82, 2.24) is 0 Å². The maximum Gasteiger partial charge on any atom is 4.00 e. The largest absolute Gasteiger partial charge is 4.00 e. The molecule has 308 valence electrons. The third kappa shape index (κ3) is 17.7. The van der Waals surface area contributed by atoms with Crippen LogP contribution in [-0.2, 0) is 21.7 Å². The number of halogens is 6. The molecule has 0 radical (unpaired) electrons. The number of carbonyl (C=O) groups is 2. The third-order valence-electron chi connectivity index (χ3n) is 8.55. The van der Waals surface area contributed by atoms with Gasteiger partial charge >= 0.3 is 21.7 Å². The van der Waals surface area contributed by atoms with Crippen LogP contribution in [0.2, 0.25) is 10.0 Å². The third-order valence-corrected chi connectivity index (χ3v) is 9.20. The number of amides is 2. The van der Waals surface area contributed by atoms with Crippen LogP contribution in [0.15, 0.2) is 133 Å². The Hall–Kier alpha value is -4.47. The van der Waals surface area contributed by atoms with E-state index in [1.807, 2.05) is 72.8 Å². The van der Waals surface area contributed by atoms with E-state index in [0.29, 0.717) is 34.3 Å². The molecule has 0 aliphatic carbocycles. The zero-order chi connectivity index (χ0) is 42.1. The molecular weight excluding hydrogens is 831 g/mol. The average molecular weight is 880 g/mol. The van der Waals surface area contributed by atoms with Crippen LogP contribution in [0.1, 0.15) is 85.9 Å². The van der Waals surface area contributed by atoms with Crippen molar-refractivity contribution in [2.24, 2.45) is 0 Å². The second-order valence-corrected chi connectivity index (χ2v) is 13.7. The summed E-state index contributed by atoms with van der Waals surface area (Å²) in [5, 5.41) is 0.597. The van der Waals surface area contributed by atoms with Crippen LogP contribution in [0.25, 0.3) is 0 Å². The van der Waals surface area contributed by atoms with E-state index in [0.717, 1.165) is 63.5 Å². The number of nitrogens with zero attached hydrogens (tertiary/aromatic N) is 2. The summed E-state index contributed by atoms with van der Waals surface area (Å²) in [5.74, 6) is -4.18. The first-order chi connectivity index (χ1) is 28.1. The second-order valence-electron chi connectivity index (χ2n) is 12.9. The summed E-state index contributed by atoms with van der Waals surface area (Å²) >= 11 is 12.2. The topological polar surface area (TPSA) is 40.6 Å². The number of unbranched alkanes of at least 4 members (excludes halogenated alkanes) is 6. The Balaban J connectivity index is 0.000000323. The zero-order valence-electron chi connectivity index (χ0n) is 33.3. The molecule has 0 N–H and O–H groups in total. The van der Waals surface area contributed by atoms with Crippen molar-refractivity contribution < 1.29 is 48.9 Å². The molecule has 0 aliphatic heterocycles. The number of hydrogen-bond donors (Lipinski definition) is 0. The van der Waals surface area contributed by atoms with Gasteiger partial charge in [-0.05, 0) is 48.5 Å². The number of anilines is 2. The minimum Gasteiger partial charge on any atom is -0.359 e. The van der Waals surface area contributed by atoms with Crippen molar-refractivity contribution in [2.75, 3.05) is 22.9 Å². The Morgan fingerprint density at radius 1 is 0.525 bits per heavy atom. The molecule has 6 aromatic rings. The van der Waals surface area contributed by atoms with Gasteiger partial charge in [0.1, 0.15) is 0 Å². The summed E-state index contributed by atoms with van der Waals surface area (Å²) in [5.41, 5.74) is 0.604. The molecule has 11 heteroatoms. The standard InChI is InChI=1S/2C19H19ClF2NO.2C5H5.Ti/c2*1-2-3-4-7-12-23(18-11-10-14(21)13-17(18)22)19(24)15-8-5-6-9-16(15)20;2*1-2-4-5-3-1;/h2*5-6,8-11H,2-4,7,12H2,1H3;2*1-5H;/q4*-1;+4. The number of benzene rings is 4. The minimum absolute atomic E-state index is 0. The number of hydrogen-bond acceptors (Lipinski definition) is 2. The molecule has 0 saturated heterocycles. The van der Waals surface area contributed by atoms with Gasteiger partial charge in [-0.1, -0.05) is 99.8 Å². The molecule has 0 heterocycles. The molecule has 0 fully saturated rings. The second kappa shape index (κ2) is 28.9. The molecule has 6 aromatic carbocycles. The maximum atomic E-state index is 14.1. The molecule has 0 spiro atoms. The molecule has 0 aromatic heterocycles. The molecule has 2 amide bonds. The smallest absolute Gasteiger partial charge is 0.359 e. The fourth-order valence-corrected chi connectivity index (χ4v) is 5.98. The Morgan fingerprint density at radius 2 is 0.881 bits per heavy atom. The molecular formula is C48H48Cl2F4N2O2Ti. The molecule has 59 heavy (non-hydrogen) atoms. The molecule has 0 atom stereocenters. The predicted octanol–water partition coefficient (Wildman–Crippen LogP) is 14.1. The van der Waals surface area contributed by atoms with Gasteiger partial charge in [0.05, 0.1) is 21.2 Å². The van der Waals surface area contributed by atoms with E-state index in [9.17, 15) is 27.2 Å². The van der Waals surface area contributed by atoms with Gasteiger partial charge in [-0.25, -0.2) is 41.8 Å². The molecule has 6 rings (SSSR count). The van der Waals surface area contributed by atoms with Crippen molar-refractivity contribution in [3.05, 3.63) is 190 Å². The number of carbonyl (C=O) groups excluding carboxylic acids is 2. The van der Waals surface area contributed by atoms with Gasteiger partial charge in [0, 0.05) is 36.4 Å². The molecule has 0 saturated carbocycles. The van der Waals surface area contributed by atoms with Crippen LogP contribution < -0.4 is 9.80 Å². The van der Waals surface area contributed by atoms with Crippen LogP contribution in [-0.4, -0.2) is 24.9 Å². The Kier molecular flexibility index (Phi) is 24.8. The minimum atomic E-state index is -0.883. The Bertz CT molecular complexity index is 1880. The van der Waals surface area contributed by atoms with E-state index in [2.05, 4.69) is 13.8 Å². The van der Waals surface area contributed by atoms with Gasteiger partial charge in [0.25, 0.3) is 0 Å². The average Bonchev–Trinajstić information content (AvgIpc) is 4.00. The van der Waals surface area contributed by atoms with E-state index >= 15 is 0 Å². The molecule has 4 nitrogen and oxygen atoms in total. The van der Waals surface area contributed by atoms with Crippen molar-refractivity contribution in [2.45, 2.75) is 65.2 Å². The van der Waals surface area contributed by atoms with E-state index in [-0.39, 0.29) is 33.1 Å². The summed E-state index contributed by atoms with van der Waals surface area (Å²) in [6.07, 6.45) is 7.47. The van der Waals surface area contributed by atoms with Gasteiger partial charge in [-0.3, -0.25) is 9.59 Å². The molecule has 0 unspecified atom stereocenters. The normalized spacial score (nSPS) is 10.0. The zero-order valence-corrected chi connectivity index (χ0v) is 36.3. The predicted molar refractivity (Wildman–Crippen MR) is 229 cm³/mol. The Labute approximate surface area is 371 Å². The van der Waals surface area contributed by atoms with Crippen molar-refractivity contribution in [3.63, 3.8) is 0 Å². The van der Waals surface area contributed by atoms with E-state index < -0.39 is 35.1 Å². The van der Waals surface area contributed by atoms with E-state index in [1.54, 1.807) is 48.5 Å². The summed E-state index contributed by atoms with van der Waals surface area (Å²) < 4.78 is 54.5. The quantitative estimate of drug-likeness (QED) is 0.0473. The first kappa shape index (κ1) is 50.7. The van der Waals surface area contributed by atoms with Gasteiger partial charge in [-0.15, -0.1) is 36.4 Å². The Morgan fingerprint density at radius 3 is 1.17 bits per heavy atom. The summed E-state index contributed by atoms with van der Waals surface area (Å²) in [4.78, 5) is 28.3. The van der Waals surface area contributed by atoms with Crippen LogP contribution in [0.3, 0.4) is 0 Å². The number of rotatable bonds is 14. The summed E-state index contributed by atoms with van der Waals surface area (Å²) in [6, 6.07) is 41.9. The molecule has 0 aliphatic rings. The summed E-state index contributed by atoms with van der Waals surface area (Å²) in [6.45, 7) is 4.84. The van der Waals surface area contributed by atoms with E-state index in [4.69, 9.17) is 23.2 Å². The van der Waals surface area contributed by atoms with Gasteiger partial charge in [-0.2, -0.15) is 36.4 Å². The van der Waals surface area contributed by atoms with Crippen molar-refractivity contribution >= 4 is 46.4 Å². The molecule has 0 bridgehead atoms. The van der Waals surface area contributed by atoms with Crippen molar-refractivity contribution in [3.8, 4) is 0 Å². The first-order valence-electron chi connectivity index (χ1n) is 19.3. The van der Waals surface area contributed by atoms with Gasteiger partial charge in [0.15, 0.2) is 0 Å². The fraction of sp³-hybridized carbons (Fsp3) is 0.250. The van der Waals surface area contributed by atoms with Crippen LogP contribution in [0, 0.1) is 35.4 Å².